The molecule has 0 radical (unpaired) electrons. The van der Waals surface area contributed by atoms with Crippen molar-refractivity contribution in [2.24, 2.45) is 0 Å². The standard InChI is InChI=1S/C13H14FN3O2/c14-9-3-5-10(6-4-9)18-8-12-16-13(17-19-12)11-2-1-7-15-11/h3-6,11,15H,1-2,7-8H2/t11-/m1/s1. The Morgan fingerprint density at radius 2 is 2.21 bits per heavy atom. The molecule has 2 aromatic rings. The molecule has 2 heterocycles. The van der Waals surface area contributed by atoms with Crippen molar-refractivity contribution in [3.05, 3.63) is 41.8 Å². The van der Waals surface area contributed by atoms with Crippen molar-refractivity contribution in [1.29, 1.82) is 0 Å². The Balaban J connectivity index is 1.59. The first-order valence-electron chi connectivity index (χ1n) is 6.25. The van der Waals surface area contributed by atoms with Crippen molar-refractivity contribution in [2.75, 3.05) is 6.54 Å². The van der Waals surface area contributed by atoms with E-state index in [-0.39, 0.29) is 18.5 Å². The topological polar surface area (TPSA) is 60.2 Å². The average molecular weight is 263 g/mol. The minimum absolute atomic E-state index is 0.184. The van der Waals surface area contributed by atoms with Crippen LogP contribution in [0.4, 0.5) is 4.39 Å². The molecule has 1 saturated heterocycles. The van der Waals surface area contributed by atoms with Gasteiger partial charge in [0.25, 0.3) is 5.89 Å². The summed E-state index contributed by atoms with van der Waals surface area (Å²) < 4.78 is 23.3. The minimum Gasteiger partial charge on any atom is -0.484 e. The predicted octanol–water partition coefficient (Wildman–Crippen LogP) is 2.21. The monoisotopic (exact) mass is 263 g/mol. The molecule has 1 fully saturated rings. The van der Waals surface area contributed by atoms with Crippen molar-refractivity contribution in [3.8, 4) is 5.75 Å². The molecule has 0 spiro atoms. The van der Waals surface area contributed by atoms with Gasteiger partial charge in [-0.3, -0.25) is 0 Å². The van der Waals surface area contributed by atoms with Gasteiger partial charge in [-0.15, -0.1) is 0 Å². The molecule has 6 heteroatoms. The van der Waals surface area contributed by atoms with Gasteiger partial charge in [0.1, 0.15) is 11.6 Å². The summed E-state index contributed by atoms with van der Waals surface area (Å²) in [5, 5.41) is 7.23. The van der Waals surface area contributed by atoms with Gasteiger partial charge in [-0.25, -0.2) is 4.39 Å². The number of hydrogen-bond acceptors (Lipinski definition) is 5. The summed E-state index contributed by atoms with van der Waals surface area (Å²) in [7, 11) is 0. The van der Waals surface area contributed by atoms with Crippen LogP contribution in [0.25, 0.3) is 0 Å². The second-order valence-corrected chi connectivity index (χ2v) is 4.44. The van der Waals surface area contributed by atoms with E-state index >= 15 is 0 Å². The highest BCUT2D eigenvalue weighted by Crippen LogP contribution is 2.20. The van der Waals surface area contributed by atoms with Gasteiger partial charge in [0.15, 0.2) is 12.4 Å². The van der Waals surface area contributed by atoms with Crippen LogP contribution < -0.4 is 10.1 Å². The van der Waals surface area contributed by atoms with E-state index in [9.17, 15) is 4.39 Å². The number of ether oxygens (including phenoxy) is 1. The Morgan fingerprint density at radius 1 is 1.37 bits per heavy atom. The maximum Gasteiger partial charge on any atom is 0.264 e. The zero-order chi connectivity index (χ0) is 13.1. The molecule has 19 heavy (non-hydrogen) atoms. The lowest BCUT2D eigenvalue weighted by molar-refractivity contribution is 0.242. The third kappa shape index (κ3) is 2.90. The first-order chi connectivity index (χ1) is 9.31. The predicted molar refractivity (Wildman–Crippen MR) is 65.0 cm³/mol. The van der Waals surface area contributed by atoms with E-state index in [0.717, 1.165) is 19.4 Å². The van der Waals surface area contributed by atoms with E-state index in [4.69, 9.17) is 9.26 Å². The van der Waals surface area contributed by atoms with Crippen molar-refractivity contribution >= 4 is 0 Å². The molecule has 0 saturated carbocycles. The van der Waals surface area contributed by atoms with Gasteiger partial charge >= 0.3 is 0 Å². The van der Waals surface area contributed by atoms with Gasteiger partial charge in [0, 0.05) is 0 Å². The fourth-order valence-electron chi connectivity index (χ4n) is 2.05. The first kappa shape index (κ1) is 12.1. The molecule has 1 aromatic heterocycles. The molecule has 1 atom stereocenters. The quantitative estimate of drug-likeness (QED) is 0.916. The van der Waals surface area contributed by atoms with E-state index in [1.165, 1.54) is 12.1 Å². The average Bonchev–Trinajstić information content (AvgIpc) is 3.09. The Hall–Kier alpha value is -1.95. The second kappa shape index (κ2) is 5.36. The van der Waals surface area contributed by atoms with Gasteiger partial charge in [0.05, 0.1) is 6.04 Å². The largest absolute Gasteiger partial charge is 0.484 e. The van der Waals surface area contributed by atoms with Crippen LogP contribution in [-0.2, 0) is 6.61 Å². The summed E-state index contributed by atoms with van der Waals surface area (Å²) in [4.78, 5) is 4.29. The zero-order valence-corrected chi connectivity index (χ0v) is 10.3. The third-order valence-corrected chi connectivity index (χ3v) is 3.03. The Labute approximate surface area is 109 Å². The maximum absolute atomic E-state index is 12.7. The van der Waals surface area contributed by atoms with Crippen molar-refractivity contribution < 1.29 is 13.7 Å². The molecule has 5 nitrogen and oxygen atoms in total. The molecule has 1 aliphatic heterocycles. The van der Waals surface area contributed by atoms with Gasteiger partial charge in [-0.05, 0) is 43.7 Å². The second-order valence-electron chi connectivity index (χ2n) is 4.44. The van der Waals surface area contributed by atoms with Crippen LogP contribution in [0.15, 0.2) is 28.8 Å². The van der Waals surface area contributed by atoms with Gasteiger partial charge in [-0.1, -0.05) is 5.16 Å². The van der Waals surface area contributed by atoms with Crippen LogP contribution in [0.1, 0.15) is 30.6 Å². The number of halogens is 1. The molecule has 100 valence electrons. The number of rotatable bonds is 4. The molecule has 1 aliphatic rings. The van der Waals surface area contributed by atoms with Gasteiger partial charge in [-0.2, -0.15) is 4.98 Å². The van der Waals surface area contributed by atoms with Crippen LogP contribution in [0.2, 0.25) is 0 Å². The SMILES string of the molecule is Fc1ccc(OCc2nc([C@H]3CCCN3)no2)cc1. The summed E-state index contributed by atoms with van der Waals surface area (Å²) in [6, 6.07) is 5.99. The van der Waals surface area contributed by atoms with Crippen LogP contribution in [-0.4, -0.2) is 16.7 Å². The number of nitrogens with one attached hydrogen (secondary N) is 1. The van der Waals surface area contributed by atoms with Crippen LogP contribution >= 0.6 is 0 Å². The lowest BCUT2D eigenvalue weighted by Crippen LogP contribution is -2.14. The molecule has 0 unspecified atom stereocenters. The third-order valence-electron chi connectivity index (χ3n) is 3.03. The van der Waals surface area contributed by atoms with Crippen LogP contribution in [0.5, 0.6) is 5.75 Å². The summed E-state index contributed by atoms with van der Waals surface area (Å²) in [6.45, 7) is 1.17. The van der Waals surface area contributed by atoms with Crippen molar-refractivity contribution in [2.45, 2.75) is 25.5 Å². The van der Waals surface area contributed by atoms with Gasteiger partial charge in [0.2, 0.25) is 0 Å². The van der Waals surface area contributed by atoms with Gasteiger partial charge < -0.3 is 14.6 Å². The van der Waals surface area contributed by atoms with Crippen molar-refractivity contribution in [1.82, 2.24) is 15.5 Å². The zero-order valence-electron chi connectivity index (χ0n) is 10.3. The van der Waals surface area contributed by atoms with E-state index in [0.29, 0.717) is 17.5 Å². The van der Waals surface area contributed by atoms with Crippen molar-refractivity contribution in [3.63, 3.8) is 0 Å². The van der Waals surface area contributed by atoms with E-state index in [1.54, 1.807) is 12.1 Å². The minimum atomic E-state index is -0.292. The molecular formula is C13H14FN3O2. The molecule has 3 rings (SSSR count). The molecule has 0 aliphatic carbocycles. The van der Waals surface area contributed by atoms with E-state index in [1.807, 2.05) is 0 Å². The summed E-state index contributed by atoms with van der Waals surface area (Å²) in [5.41, 5.74) is 0. The lowest BCUT2D eigenvalue weighted by atomic mass is 10.2. The Bertz CT molecular complexity index is 535. The molecule has 1 N–H and O–H groups in total. The Kier molecular flexibility index (Phi) is 3.41. The first-order valence-corrected chi connectivity index (χ1v) is 6.25. The van der Waals surface area contributed by atoms with Crippen LogP contribution in [0.3, 0.4) is 0 Å². The van der Waals surface area contributed by atoms with E-state index in [2.05, 4.69) is 15.5 Å². The number of nitrogens with zero attached hydrogens (tertiary/aromatic N) is 2. The molecule has 1 aromatic carbocycles. The number of benzene rings is 1. The molecular weight excluding hydrogens is 249 g/mol. The summed E-state index contributed by atoms with van der Waals surface area (Å²) >= 11 is 0. The van der Waals surface area contributed by atoms with Crippen LogP contribution in [0, 0.1) is 5.82 Å². The van der Waals surface area contributed by atoms with E-state index < -0.39 is 0 Å². The molecule has 0 amide bonds. The summed E-state index contributed by atoms with van der Waals surface area (Å²) in [5.74, 6) is 1.38. The maximum atomic E-state index is 12.7. The highest BCUT2D eigenvalue weighted by atomic mass is 19.1. The number of hydrogen-bond donors (Lipinski definition) is 1. The fourth-order valence-corrected chi connectivity index (χ4v) is 2.05. The molecule has 0 bridgehead atoms. The normalized spacial score (nSPS) is 18.7. The fraction of sp³-hybridized carbons (Fsp3) is 0.385. The Morgan fingerprint density at radius 3 is 2.95 bits per heavy atom. The number of aromatic nitrogens is 2. The lowest BCUT2D eigenvalue weighted by Gasteiger charge is -2.03. The highest BCUT2D eigenvalue weighted by molar-refractivity contribution is 5.22. The highest BCUT2D eigenvalue weighted by Gasteiger charge is 2.21. The smallest absolute Gasteiger partial charge is 0.264 e. The summed E-state index contributed by atoms with van der Waals surface area (Å²) in [6.07, 6.45) is 2.15.